The van der Waals surface area contributed by atoms with Gasteiger partial charge in [0.15, 0.2) is 5.60 Å². The van der Waals surface area contributed by atoms with E-state index in [1.807, 2.05) is 0 Å². The third kappa shape index (κ3) is 13.8. The van der Waals surface area contributed by atoms with E-state index in [0.717, 1.165) is 62.1 Å². The summed E-state index contributed by atoms with van der Waals surface area (Å²) >= 11 is 0. The fourth-order valence-electron chi connectivity index (χ4n) is 5.41. The molecule has 5 N–H and O–H groups in total. The molecule has 48 heavy (non-hydrogen) atoms. The predicted octanol–water partition coefficient (Wildman–Crippen LogP) is 6.34. The van der Waals surface area contributed by atoms with Crippen molar-refractivity contribution in [3.8, 4) is 11.1 Å². The van der Waals surface area contributed by atoms with E-state index in [4.69, 9.17) is 0 Å². The van der Waals surface area contributed by atoms with E-state index in [2.05, 4.69) is 12.2 Å². The molecule has 0 aromatic heterocycles. The van der Waals surface area contributed by atoms with E-state index in [9.17, 15) is 48.8 Å². The van der Waals surface area contributed by atoms with Crippen molar-refractivity contribution >= 4 is 29.6 Å². The lowest BCUT2D eigenvalue weighted by molar-refractivity contribution is -0.172. The summed E-state index contributed by atoms with van der Waals surface area (Å²) in [5, 5.41) is 42.1. The number of allylic oxidation sites excluding steroid dienone is 1. The van der Waals surface area contributed by atoms with Gasteiger partial charge in [-0.1, -0.05) is 94.0 Å². The molecule has 2 rings (SSSR count). The van der Waals surface area contributed by atoms with Crippen LogP contribution in [0.1, 0.15) is 96.0 Å². The molecule has 2 aromatic rings. The number of aliphatic carboxylic acids is 3. The number of carboxylic acids is 3. The maximum Gasteiger partial charge on any atom is 0.337 e. The highest BCUT2D eigenvalue weighted by molar-refractivity contribution is 5.94. The molecule has 0 radical (unpaired) electrons. The average molecular weight is 670 g/mol. The summed E-state index contributed by atoms with van der Waals surface area (Å²) in [6, 6.07) is 11.0. The molecule has 0 fully saturated rings. The van der Waals surface area contributed by atoms with Gasteiger partial charge < -0.3 is 25.7 Å². The minimum atomic E-state index is -3.04. The average Bonchev–Trinajstić information content (AvgIpc) is 3.03. The zero-order chi connectivity index (χ0) is 35.5. The van der Waals surface area contributed by atoms with Crippen molar-refractivity contribution in [2.45, 2.75) is 108 Å². The third-order valence-corrected chi connectivity index (χ3v) is 8.24. The Hall–Kier alpha value is -4.38. The molecule has 1 amide bonds. The summed E-state index contributed by atoms with van der Waals surface area (Å²) in [6.07, 6.45) is 11.1. The van der Waals surface area contributed by atoms with Crippen molar-refractivity contribution in [1.82, 2.24) is 5.32 Å². The Kier molecular flexibility index (Phi) is 17.2. The molecule has 0 aliphatic rings. The summed E-state index contributed by atoms with van der Waals surface area (Å²) in [4.78, 5) is 61.0. The maximum absolute atomic E-state index is 13.3. The number of halogens is 1. The predicted molar refractivity (Wildman–Crippen MR) is 179 cm³/mol. The van der Waals surface area contributed by atoms with Gasteiger partial charge in [0.1, 0.15) is 17.6 Å². The second-order valence-corrected chi connectivity index (χ2v) is 12.2. The third-order valence-electron chi connectivity index (χ3n) is 8.24. The molecular formula is C37H48FNO9. The number of benzene rings is 2. The number of unbranched alkanes of at least 4 members (excludes halogenated alkanes) is 8. The molecule has 3 atom stereocenters. The van der Waals surface area contributed by atoms with E-state index in [0.29, 0.717) is 31.2 Å². The zero-order valence-corrected chi connectivity index (χ0v) is 27.5. The Bertz CT molecular complexity index is 1370. The van der Waals surface area contributed by atoms with E-state index >= 15 is 0 Å². The SMILES string of the molecule is CCCCCCCC(=O)CCCCCC/C=C/[C@H](C(=O)N[C@@H](Cc1ccc(-c2ccc(F)cc2)cc1)C(=O)O)[C@@](O)(CC(=O)O)C(=O)O. The minimum absolute atomic E-state index is 0.188. The number of Topliss-reactive ketones (excluding diaryl/α,β-unsaturated/α-hetero) is 1. The molecule has 0 aliphatic carbocycles. The van der Waals surface area contributed by atoms with Crippen LogP contribution in [0.2, 0.25) is 0 Å². The second-order valence-electron chi connectivity index (χ2n) is 12.2. The number of carbonyl (C=O) groups is 5. The first-order valence-corrected chi connectivity index (χ1v) is 16.6. The first-order chi connectivity index (χ1) is 22.9. The highest BCUT2D eigenvalue weighted by Gasteiger charge is 2.49. The molecule has 262 valence electrons. The Labute approximate surface area is 281 Å². The van der Waals surface area contributed by atoms with E-state index in [-0.39, 0.29) is 18.0 Å². The lowest BCUT2D eigenvalue weighted by Crippen LogP contribution is -2.55. The number of nitrogens with one attached hydrogen (secondary N) is 1. The summed E-state index contributed by atoms with van der Waals surface area (Å²) in [7, 11) is 0. The maximum atomic E-state index is 13.3. The number of ketones is 1. The van der Waals surface area contributed by atoms with Crippen LogP contribution in [-0.4, -0.2) is 61.7 Å². The van der Waals surface area contributed by atoms with Gasteiger partial charge in [0.05, 0.1) is 12.3 Å². The van der Waals surface area contributed by atoms with Crippen LogP contribution >= 0.6 is 0 Å². The van der Waals surface area contributed by atoms with Gasteiger partial charge in [0.2, 0.25) is 5.91 Å². The van der Waals surface area contributed by atoms with Gasteiger partial charge in [0.25, 0.3) is 0 Å². The Morgan fingerprint density at radius 1 is 0.792 bits per heavy atom. The van der Waals surface area contributed by atoms with Gasteiger partial charge in [-0.25, -0.2) is 14.0 Å². The molecule has 0 heterocycles. The van der Waals surface area contributed by atoms with Crippen molar-refractivity contribution in [2.24, 2.45) is 5.92 Å². The Morgan fingerprint density at radius 3 is 1.85 bits per heavy atom. The number of hydrogen-bond acceptors (Lipinski definition) is 6. The van der Waals surface area contributed by atoms with Crippen LogP contribution < -0.4 is 5.32 Å². The van der Waals surface area contributed by atoms with Crippen LogP contribution in [0.25, 0.3) is 11.1 Å². The molecule has 2 aromatic carbocycles. The number of carboxylic acid groups (broad SMARTS) is 3. The van der Waals surface area contributed by atoms with Crippen LogP contribution in [0, 0.1) is 11.7 Å². The quantitative estimate of drug-likeness (QED) is 0.0630. The van der Waals surface area contributed by atoms with Crippen LogP contribution in [0.15, 0.2) is 60.7 Å². The highest BCUT2D eigenvalue weighted by Crippen LogP contribution is 2.26. The number of rotatable bonds is 24. The van der Waals surface area contributed by atoms with Crippen LogP contribution in [-0.2, 0) is 30.4 Å². The zero-order valence-electron chi connectivity index (χ0n) is 27.5. The number of aliphatic hydroxyl groups is 1. The Morgan fingerprint density at radius 2 is 1.33 bits per heavy atom. The molecule has 0 saturated carbocycles. The van der Waals surface area contributed by atoms with E-state index in [1.165, 1.54) is 24.6 Å². The van der Waals surface area contributed by atoms with Crippen molar-refractivity contribution < 1.29 is 48.8 Å². The fraction of sp³-hybridized carbons (Fsp3) is 0.486. The molecule has 0 unspecified atom stereocenters. The first kappa shape index (κ1) is 39.8. The monoisotopic (exact) mass is 669 g/mol. The van der Waals surface area contributed by atoms with Gasteiger partial charge >= 0.3 is 17.9 Å². The molecule has 11 heteroatoms. The topological polar surface area (TPSA) is 178 Å². The number of hydrogen-bond donors (Lipinski definition) is 5. The standard InChI is InChI=1S/C37H48FNO9/c1-2-3-4-7-10-13-30(40)14-11-8-5-6-9-12-15-31(37(48,36(46)47)25-33(41)42)34(43)39-32(35(44)45)24-26-16-18-27(19-17-26)28-20-22-29(38)23-21-28/h12,15-23,31-32,48H,2-11,13-14,24-25H2,1H3,(H,39,43)(H,41,42)(H,44,45)(H,46,47)/b15-12+/t31-,32+,37+/m1/s1. The van der Waals surface area contributed by atoms with E-state index < -0.39 is 47.8 Å². The molecule has 10 nitrogen and oxygen atoms in total. The van der Waals surface area contributed by atoms with Gasteiger partial charge in [-0.05, 0) is 54.5 Å². The van der Waals surface area contributed by atoms with Gasteiger partial charge in [-0.2, -0.15) is 0 Å². The van der Waals surface area contributed by atoms with Gasteiger partial charge in [-0.3, -0.25) is 14.4 Å². The lowest BCUT2D eigenvalue weighted by atomic mass is 9.82. The molecular weight excluding hydrogens is 621 g/mol. The van der Waals surface area contributed by atoms with Crippen LogP contribution in [0.5, 0.6) is 0 Å². The van der Waals surface area contributed by atoms with Gasteiger partial charge in [-0.15, -0.1) is 0 Å². The highest BCUT2D eigenvalue weighted by atomic mass is 19.1. The molecule has 0 bridgehead atoms. The minimum Gasteiger partial charge on any atom is -0.481 e. The number of amides is 1. The van der Waals surface area contributed by atoms with Crippen LogP contribution in [0.3, 0.4) is 0 Å². The Balaban J connectivity index is 2.02. The molecule has 0 aliphatic heterocycles. The van der Waals surface area contributed by atoms with Crippen molar-refractivity contribution in [3.05, 3.63) is 72.1 Å². The number of carbonyl (C=O) groups excluding carboxylic acids is 2. The normalized spacial score (nSPS) is 13.8. The smallest absolute Gasteiger partial charge is 0.337 e. The first-order valence-electron chi connectivity index (χ1n) is 16.6. The summed E-state index contributed by atoms with van der Waals surface area (Å²) in [5.74, 6) is -8.19. The van der Waals surface area contributed by atoms with Crippen molar-refractivity contribution in [3.63, 3.8) is 0 Å². The second kappa shape index (κ2) is 20.8. The lowest BCUT2D eigenvalue weighted by Gasteiger charge is -2.29. The summed E-state index contributed by atoms with van der Waals surface area (Å²) in [5.41, 5.74) is -1.02. The largest absolute Gasteiger partial charge is 0.481 e. The summed E-state index contributed by atoms with van der Waals surface area (Å²) < 4.78 is 13.3. The van der Waals surface area contributed by atoms with Gasteiger partial charge in [0, 0.05) is 19.3 Å². The van der Waals surface area contributed by atoms with Crippen molar-refractivity contribution in [2.75, 3.05) is 0 Å². The van der Waals surface area contributed by atoms with Crippen LogP contribution in [0.4, 0.5) is 4.39 Å². The molecule has 0 saturated heterocycles. The van der Waals surface area contributed by atoms with Crippen molar-refractivity contribution in [1.29, 1.82) is 0 Å². The van der Waals surface area contributed by atoms with E-state index in [1.54, 1.807) is 36.4 Å². The fourth-order valence-corrected chi connectivity index (χ4v) is 5.41. The summed E-state index contributed by atoms with van der Waals surface area (Å²) in [6.45, 7) is 2.14. The molecule has 0 spiro atoms.